The first-order valence-corrected chi connectivity index (χ1v) is 15.9. The van der Waals surface area contributed by atoms with E-state index < -0.39 is 40.1 Å². The molecule has 3 saturated heterocycles. The average Bonchev–Trinajstić information content (AvgIpc) is 3.29. The maximum Gasteiger partial charge on any atom is 0.406 e. The van der Waals surface area contributed by atoms with Crippen LogP contribution in [-0.4, -0.2) is 110 Å². The fourth-order valence-electron chi connectivity index (χ4n) is 7.44. The van der Waals surface area contributed by atoms with Gasteiger partial charge in [-0.05, 0) is 91.1 Å². The van der Waals surface area contributed by atoms with Crippen molar-refractivity contribution in [2.24, 2.45) is 17.8 Å². The summed E-state index contributed by atoms with van der Waals surface area (Å²) >= 11 is 0. The predicted octanol–water partition coefficient (Wildman–Crippen LogP) is 2.92. The molecule has 0 aromatic rings. The smallest absolute Gasteiger partial charge is 0.343 e. The molecule has 1 aliphatic carbocycles. The summed E-state index contributed by atoms with van der Waals surface area (Å²) in [5, 5.41) is 1.35. The molecule has 4 unspecified atom stereocenters. The van der Waals surface area contributed by atoms with Gasteiger partial charge in [-0.2, -0.15) is 13.2 Å². The highest BCUT2D eigenvalue weighted by atomic mass is 32.2. The first-order chi connectivity index (χ1) is 17.9. The molecule has 0 aromatic heterocycles. The molecule has 1 amide bonds. The van der Waals surface area contributed by atoms with Crippen LogP contribution in [0.5, 0.6) is 0 Å². The van der Waals surface area contributed by atoms with Gasteiger partial charge in [0.15, 0.2) is 0 Å². The quantitative estimate of drug-likeness (QED) is 0.512. The molecule has 4 fully saturated rings. The van der Waals surface area contributed by atoms with E-state index in [1.165, 1.54) is 4.90 Å². The highest BCUT2D eigenvalue weighted by Gasteiger charge is 2.59. The van der Waals surface area contributed by atoms with Gasteiger partial charge in [0.05, 0.1) is 11.2 Å². The number of sulfonamides is 1. The molecular weight excluding hydrogens is 519 g/mol. The maximum absolute atomic E-state index is 14.0. The number of amides is 1. The van der Waals surface area contributed by atoms with Crippen LogP contribution in [0.15, 0.2) is 0 Å². The van der Waals surface area contributed by atoms with Gasteiger partial charge < -0.3 is 9.80 Å². The zero-order valence-corrected chi connectivity index (χ0v) is 24.1. The topological polar surface area (TPSA) is 76.2 Å². The Labute approximate surface area is 226 Å². The molecule has 38 heavy (non-hydrogen) atoms. The molecule has 4 atom stereocenters. The largest absolute Gasteiger partial charge is 0.406 e. The first kappa shape index (κ1) is 30.0. The zero-order chi connectivity index (χ0) is 27.8. The van der Waals surface area contributed by atoms with Crippen LogP contribution in [0.3, 0.4) is 0 Å². The van der Waals surface area contributed by atoms with E-state index in [0.717, 1.165) is 32.1 Å². The molecule has 8 nitrogen and oxygen atoms in total. The number of hydrogen-bond acceptors (Lipinski definition) is 6. The van der Waals surface area contributed by atoms with Gasteiger partial charge in [0.2, 0.25) is 15.9 Å². The van der Waals surface area contributed by atoms with Gasteiger partial charge >= 0.3 is 6.18 Å². The van der Waals surface area contributed by atoms with E-state index >= 15 is 0 Å². The summed E-state index contributed by atoms with van der Waals surface area (Å²) in [6.45, 7) is 5.80. The molecular formula is C26H46F3N5O3S. The summed E-state index contributed by atoms with van der Waals surface area (Å²) in [5.41, 5.74) is 2.63. The number of rotatable bonds is 7. The van der Waals surface area contributed by atoms with Crippen LogP contribution in [0.4, 0.5) is 13.2 Å². The Hall–Kier alpha value is -0.950. The molecule has 3 aliphatic heterocycles. The number of fused-ring (bicyclic) bond motifs is 1. The number of carbonyl (C=O) groups excluding carboxylic acids is 1. The van der Waals surface area contributed by atoms with E-state index in [4.69, 9.17) is 0 Å². The van der Waals surface area contributed by atoms with E-state index in [2.05, 4.69) is 10.3 Å². The Kier molecular flexibility index (Phi) is 9.39. The lowest BCUT2D eigenvalue weighted by Gasteiger charge is -2.43. The third kappa shape index (κ3) is 6.04. The van der Waals surface area contributed by atoms with Crippen LogP contribution >= 0.6 is 0 Å². The number of alkyl halides is 3. The average molecular weight is 566 g/mol. The Bertz CT molecular complexity index is 914. The number of halogens is 3. The van der Waals surface area contributed by atoms with Gasteiger partial charge in [0.1, 0.15) is 6.04 Å². The molecule has 4 rings (SSSR count). The van der Waals surface area contributed by atoms with Crippen molar-refractivity contribution in [3.63, 3.8) is 0 Å². The third-order valence-corrected chi connectivity index (χ3v) is 12.2. The minimum Gasteiger partial charge on any atom is -0.343 e. The fourth-order valence-corrected chi connectivity index (χ4v) is 9.45. The van der Waals surface area contributed by atoms with Gasteiger partial charge in [-0.25, -0.2) is 23.2 Å². The number of carbonyl (C=O) groups is 1. The maximum atomic E-state index is 14.0. The third-order valence-electron chi connectivity index (χ3n) is 9.80. The lowest BCUT2D eigenvalue weighted by atomic mass is 9.74. The molecule has 3 heterocycles. The standard InChI is InChI=1S/C26H46F3N5O3S/c1-5-32(6-2)25(35)23-22-17-19(13-16-34(22)30-24(23)26(27,28)29)18-11-14-33(15-12-18)38(36,37)21-9-7-20(8-10-21)31(3)4/h18-24,30H,5-17H2,1-4H3. The normalized spacial score (nSPS) is 34.4. The summed E-state index contributed by atoms with van der Waals surface area (Å²) in [6, 6.07) is -1.92. The lowest BCUT2D eigenvalue weighted by Crippen LogP contribution is -2.51. The Morgan fingerprint density at radius 1 is 0.921 bits per heavy atom. The summed E-state index contributed by atoms with van der Waals surface area (Å²) in [7, 11) is 0.746. The van der Waals surface area contributed by atoms with Crippen molar-refractivity contribution in [3.05, 3.63) is 0 Å². The summed E-state index contributed by atoms with van der Waals surface area (Å²) in [5.74, 6) is -1.13. The van der Waals surface area contributed by atoms with Crippen LogP contribution < -0.4 is 5.43 Å². The van der Waals surface area contributed by atoms with Gasteiger partial charge in [0.25, 0.3) is 0 Å². The highest BCUT2D eigenvalue weighted by molar-refractivity contribution is 7.89. The minimum absolute atomic E-state index is 0.192. The van der Waals surface area contributed by atoms with Gasteiger partial charge in [-0.3, -0.25) is 4.79 Å². The molecule has 4 aliphatic rings. The van der Waals surface area contributed by atoms with Crippen LogP contribution in [0.25, 0.3) is 0 Å². The van der Waals surface area contributed by atoms with Crippen molar-refractivity contribution in [3.8, 4) is 0 Å². The van der Waals surface area contributed by atoms with E-state index in [-0.39, 0.29) is 17.1 Å². The summed E-state index contributed by atoms with van der Waals surface area (Å²) < 4.78 is 70.3. The lowest BCUT2D eigenvalue weighted by molar-refractivity contribution is -0.172. The number of nitrogens with zero attached hydrogens (tertiary/aromatic N) is 4. The van der Waals surface area contributed by atoms with Crippen LogP contribution in [-0.2, 0) is 14.8 Å². The second-order valence-corrected chi connectivity index (χ2v) is 14.1. The van der Waals surface area contributed by atoms with Crippen molar-refractivity contribution >= 4 is 15.9 Å². The molecule has 12 heteroatoms. The van der Waals surface area contributed by atoms with Crippen molar-refractivity contribution in [2.75, 3.05) is 46.8 Å². The number of hydrazine groups is 1. The molecule has 0 bridgehead atoms. The number of piperidine rings is 2. The first-order valence-electron chi connectivity index (χ1n) is 14.4. The zero-order valence-electron chi connectivity index (χ0n) is 23.3. The molecule has 220 valence electrons. The minimum atomic E-state index is -4.51. The van der Waals surface area contributed by atoms with E-state index in [1.807, 2.05) is 14.1 Å². The summed E-state index contributed by atoms with van der Waals surface area (Å²) in [6.07, 6.45) is 1.42. The molecule has 0 spiro atoms. The molecule has 1 N–H and O–H groups in total. The summed E-state index contributed by atoms with van der Waals surface area (Å²) in [4.78, 5) is 16.9. The molecule has 0 radical (unpaired) electrons. The van der Waals surface area contributed by atoms with Gasteiger partial charge in [-0.15, -0.1) is 0 Å². The van der Waals surface area contributed by atoms with E-state index in [0.29, 0.717) is 58.0 Å². The van der Waals surface area contributed by atoms with Crippen LogP contribution in [0.1, 0.15) is 65.2 Å². The van der Waals surface area contributed by atoms with Crippen LogP contribution in [0.2, 0.25) is 0 Å². The number of hydrogen-bond donors (Lipinski definition) is 1. The fraction of sp³-hybridized carbons (Fsp3) is 0.962. The number of nitrogens with one attached hydrogen (secondary N) is 1. The Balaban J connectivity index is 1.38. The SMILES string of the molecule is CCN(CC)C(=O)C1C2CC(C3CCN(S(=O)(=O)C4CCC(N(C)C)CC4)CC3)CCN2NC1C(F)(F)F. The monoisotopic (exact) mass is 565 g/mol. The second-order valence-electron chi connectivity index (χ2n) is 11.9. The molecule has 1 saturated carbocycles. The Morgan fingerprint density at radius 3 is 2.03 bits per heavy atom. The van der Waals surface area contributed by atoms with Crippen molar-refractivity contribution in [1.82, 2.24) is 24.5 Å². The van der Waals surface area contributed by atoms with Gasteiger partial charge in [-0.1, -0.05) is 0 Å². The van der Waals surface area contributed by atoms with Gasteiger partial charge in [0, 0.05) is 44.8 Å². The van der Waals surface area contributed by atoms with Crippen LogP contribution in [0, 0.1) is 17.8 Å². The van der Waals surface area contributed by atoms with E-state index in [1.54, 1.807) is 23.2 Å². The predicted molar refractivity (Wildman–Crippen MR) is 141 cm³/mol. The van der Waals surface area contributed by atoms with Crippen molar-refractivity contribution < 1.29 is 26.4 Å². The second kappa shape index (κ2) is 11.9. The highest BCUT2D eigenvalue weighted by Crippen LogP contribution is 2.43. The Morgan fingerprint density at radius 2 is 1.50 bits per heavy atom. The molecule has 0 aromatic carbocycles. The van der Waals surface area contributed by atoms with Crippen molar-refractivity contribution in [2.45, 2.75) is 94.8 Å². The van der Waals surface area contributed by atoms with Crippen molar-refractivity contribution in [1.29, 1.82) is 0 Å². The van der Waals surface area contributed by atoms with E-state index in [9.17, 15) is 26.4 Å².